The van der Waals surface area contributed by atoms with E-state index in [-0.39, 0.29) is 11.9 Å². The molecule has 0 aromatic heterocycles. The fourth-order valence-corrected chi connectivity index (χ4v) is 2.21. The van der Waals surface area contributed by atoms with Crippen molar-refractivity contribution in [3.05, 3.63) is 34.9 Å². The van der Waals surface area contributed by atoms with Gasteiger partial charge < -0.3 is 15.3 Å². The molecule has 0 aliphatic carbocycles. The number of rotatable bonds is 4. The highest BCUT2D eigenvalue weighted by molar-refractivity contribution is 6.30. The molecule has 1 atom stereocenters. The second-order valence-corrected chi connectivity index (χ2v) is 5.51. The molecule has 1 aromatic carbocycles. The molecule has 2 rings (SSSR count). The number of nitrogens with zero attached hydrogens (tertiary/aromatic N) is 1. The number of halogens is 1. The zero-order valence-corrected chi connectivity index (χ0v) is 11.9. The molecule has 1 saturated heterocycles. The minimum absolute atomic E-state index is 0.0498. The Bertz CT molecular complexity index is 498. The Morgan fingerprint density at radius 3 is 2.55 bits per heavy atom. The molecule has 0 spiro atoms. The topological polar surface area (TPSA) is 69.6 Å². The van der Waals surface area contributed by atoms with Crippen molar-refractivity contribution in [2.75, 3.05) is 13.1 Å². The zero-order valence-electron chi connectivity index (χ0n) is 11.2. The van der Waals surface area contributed by atoms with Gasteiger partial charge in [-0.15, -0.1) is 0 Å². The normalized spacial score (nSPS) is 16.4. The predicted molar refractivity (Wildman–Crippen MR) is 75.6 cm³/mol. The van der Waals surface area contributed by atoms with Crippen LogP contribution in [0.2, 0.25) is 5.02 Å². The van der Waals surface area contributed by atoms with Gasteiger partial charge >= 0.3 is 12.0 Å². The summed E-state index contributed by atoms with van der Waals surface area (Å²) >= 11 is 5.78. The monoisotopic (exact) mass is 296 g/mol. The summed E-state index contributed by atoms with van der Waals surface area (Å²) in [6.07, 6.45) is 0. The van der Waals surface area contributed by atoms with Gasteiger partial charge in [0.2, 0.25) is 0 Å². The van der Waals surface area contributed by atoms with E-state index in [1.165, 1.54) is 0 Å². The Morgan fingerprint density at radius 1 is 1.40 bits per heavy atom. The molecule has 2 amide bonds. The first-order valence-electron chi connectivity index (χ1n) is 6.47. The number of hydrogen-bond donors (Lipinski definition) is 2. The highest BCUT2D eigenvalue weighted by Gasteiger charge is 2.36. The average molecular weight is 297 g/mol. The van der Waals surface area contributed by atoms with E-state index in [2.05, 4.69) is 5.32 Å². The highest BCUT2D eigenvalue weighted by atomic mass is 35.5. The van der Waals surface area contributed by atoms with Gasteiger partial charge in [0.05, 0.1) is 5.92 Å². The quantitative estimate of drug-likeness (QED) is 0.895. The lowest BCUT2D eigenvalue weighted by atomic mass is 9.87. The van der Waals surface area contributed by atoms with Crippen molar-refractivity contribution >= 4 is 23.6 Å². The van der Waals surface area contributed by atoms with Crippen LogP contribution in [0.1, 0.15) is 12.5 Å². The number of hydrogen-bond acceptors (Lipinski definition) is 2. The SMILES string of the molecule is CC(C(=O)O)C1CN(C(=O)NCc2ccc(Cl)cc2)C1. The second kappa shape index (κ2) is 6.13. The number of aliphatic carboxylic acids is 1. The zero-order chi connectivity index (χ0) is 14.7. The van der Waals surface area contributed by atoms with Gasteiger partial charge in [-0.25, -0.2) is 4.79 Å². The van der Waals surface area contributed by atoms with Gasteiger partial charge in [0.1, 0.15) is 0 Å². The number of carbonyl (C=O) groups is 2. The Kier molecular flexibility index (Phi) is 4.49. The summed E-state index contributed by atoms with van der Waals surface area (Å²) in [7, 11) is 0. The molecule has 0 bridgehead atoms. The van der Waals surface area contributed by atoms with Gasteiger partial charge in [-0.3, -0.25) is 4.79 Å². The van der Waals surface area contributed by atoms with E-state index >= 15 is 0 Å². The van der Waals surface area contributed by atoms with Crippen molar-refractivity contribution in [3.63, 3.8) is 0 Å². The van der Waals surface area contributed by atoms with Crippen LogP contribution in [0, 0.1) is 11.8 Å². The van der Waals surface area contributed by atoms with Crippen molar-refractivity contribution in [3.8, 4) is 0 Å². The van der Waals surface area contributed by atoms with Crippen LogP contribution in [0.3, 0.4) is 0 Å². The standard InChI is InChI=1S/C14H17ClN2O3/c1-9(13(18)19)11-7-17(8-11)14(20)16-6-10-2-4-12(15)5-3-10/h2-5,9,11H,6-8H2,1H3,(H,16,20)(H,18,19). The number of nitrogens with one attached hydrogen (secondary N) is 1. The lowest BCUT2D eigenvalue weighted by Gasteiger charge is -2.41. The van der Waals surface area contributed by atoms with E-state index in [1.807, 2.05) is 12.1 Å². The lowest BCUT2D eigenvalue weighted by Crippen LogP contribution is -2.56. The van der Waals surface area contributed by atoms with Crippen LogP contribution in [0.4, 0.5) is 4.79 Å². The van der Waals surface area contributed by atoms with Crippen LogP contribution in [0.25, 0.3) is 0 Å². The molecule has 1 heterocycles. The van der Waals surface area contributed by atoms with Crippen molar-refractivity contribution in [1.82, 2.24) is 10.2 Å². The minimum atomic E-state index is -0.809. The summed E-state index contributed by atoms with van der Waals surface area (Å²) in [6.45, 7) is 3.11. The molecule has 108 valence electrons. The molecular weight excluding hydrogens is 280 g/mol. The molecule has 6 heteroatoms. The van der Waals surface area contributed by atoms with E-state index in [0.717, 1.165) is 5.56 Å². The summed E-state index contributed by atoms with van der Waals surface area (Å²) < 4.78 is 0. The lowest BCUT2D eigenvalue weighted by molar-refractivity contribution is -0.144. The van der Waals surface area contributed by atoms with E-state index < -0.39 is 11.9 Å². The molecule has 20 heavy (non-hydrogen) atoms. The summed E-state index contributed by atoms with van der Waals surface area (Å²) in [5.41, 5.74) is 0.971. The molecule has 1 aromatic rings. The Balaban J connectivity index is 1.75. The largest absolute Gasteiger partial charge is 0.481 e. The Morgan fingerprint density at radius 2 is 2.00 bits per heavy atom. The van der Waals surface area contributed by atoms with Crippen LogP contribution >= 0.6 is 11.6 Å². The molecular formula is C14H17ClN2O3. The van der Waals surface area contributed by atoms with E-state index in [4.69, 9.17) is 16.7 Å². The molecule has 5 nitrogen and oxygen atoms in total. The number of amides is 2. The van der Waals surface area contributed by atoms with Crippen molar-refractivity contribution in [2.24, 2.45) is 11.8 Å². The third kappa shape index (κ3) is 3.42. The molecule has 1 aliphatic heterocycles. The van der Waals surface area contributed by atoms with Crippen molar-refractivity contribution in [2.45, 2.75) is 13.5 Å². The number of likely N-dealkylation sites (tertiary alicyclic amines) is 1. The fourth-order valence-electron chi connectivity index (χ4n) is 2.09. The number of urea groups is 1. The maximum Gasteiger partial charge on any atom is 0.317 e. The average Bonchev–Trinajstić information content (AvgIpc) is 2.36. The smallest absolute Gasteiger partial charge is 0.317 e. The number of carboxylic acid groups (broad SMARTS) is 1. The summed E-state index contributed by atoms with van der Waals surface area (Å²) in [6, 6.07) is 7.10. The van der Waals surface area contributed by atoms with Crippen LogP contribution in [-0.2, 0) is 11.3 Å². The number of carboxylic acids is 1. The van der Waals surface area contributed by atoms with Gasteiger partial charge in [-0.2, -0.15) is 0 Å². The maximum atomic E-state index is 11.8. The van der Waals surface area contributed by atoms with Crippen molar-refractivity contribution < 1.29 is 14.7 Å². The van der Waals surface area contributed by atoms with Gasteiger partial charge in [0.25, 0.3) is 0 Å². The van der Waals surface area contributed by atoms with Gasteiger partial charge in [-0.1, -0.05) is 30.7 Å². The maximum absolute atomic E-state index is 11.8. The van der Waals surface area contributed by atoms with Crippen LogP contribution in [-0.4, -0.2) is 35.1 Å². The minimum Gasteiger partial charge on any atom is -0.481 e. The summed E-state index contributed by atoms with van der Waals surface area (Å²) in [4.78, 5) is 24.3. The van der Waals surface area contributed by atoms with Gasteiger partial charge in [0.15, 0.2) is 0 Å². The summed E-state index contributed by atoms with van der Waals surface area (Å²) in [5.74, 6) is -1.17. The van der Waals surface area contributed by atoms with E-state index in [0.29, 0.717) is 24.7 Å². The Hall–Kier alpha value is -1.75. The molecule has 1 unspecified atom stereocenters. The van der Waals surface area contributed by atoms with E-state index in [1.54, 1.807) is 24.0 Å². The first kappa shape index (κ1) is 14.7. The second-order valence-electron chi connectivity index (χ2n) is 5.08. The number of carbonyl (C=O) groups excluding carboxylic acids is 1. The molecule has 0 radical (unpaired) electrons. The molecule has 0 saturated carbocycles. The van der Waals surface area contributed by atoms with Crippen LogP contribution < -0.4 is 5.32 Å². The fraction of sp³-hybridized carbons (Fsp3) is 0.429. The number of benzene rings is 1. The third-order valence-electron chi connectivity index (χ3n) is 3.65. The van der Waals surface area contributed by atoms with Gasteiger partial charge in [-0.05, 0) is 17.7 Å². The van der Waals surface area contributed by atoms with E-state index in [9.17, 15) is 9.59 Å². The van der Waals surface area contributed by atoms with Gasteiger partial charge in [0, 0.05) is 30.6 Å². The Labute approximate surface area is 122 Å². The summed E-state index contributed by atoms with van der Waals surface area (Å²) in [5, 5.41) is 12.4. The van der Waals surface area contributed by atoms with Crippen molar-refractivity contribution in [1.29, 1.82) is 0 Å². The van der Waals surface area contributed by atoms with Crippen LogP contribution in [0.15, 0.2) is 24.3 Å². The third-order valence-corrected chi connectivity index (χ3v) is 3.90. The molecule has 1 aliphatic rings. The molecule has 1 fully saturated rings. The predicted octanol–water partition coefficient (Wildman–Crippen LogP) is 2.20. The first-order chi connectivity index (χ1) is 9.47. The van der Waals surface area contributed by atoms with Crippen LogP contribution in [0.5, 0.6) is 0 Å². The first-order valence-corrected chi connectivity index (χ1v) is 6.85. The molecule has 2 N–H and O–H groups in total. The highest BCUT2D eigenvalue weighted by Crippen LogP contribution is 2.23.